The molecule has 0 unspecified atom stereocenters. The molecule has 0 bridgehead atoms. The molecule has 0 spiro atoms. The number of hydrogen-bond acceptors (Lipinski definition) is 8. The Bertz CT molecular complexity index is 1630. The van der Waals surface area contributed by atoms with Gasteiger partial charge in [0.1, 0.15) is 21.8 Å². The van der Waals surface area contributed by atoms with Crippen LogP contribution >= 0.6 is 24.0 Å². The number of unbranched alkanes of at least 4 members (excludes halogenated alkanes) is 1. The molecule has 0 aliphatic carbocycles. The molecule has 8 nitrogen and oxygen atoms in total. The Morgan fingerprint density at radius 3 is 2.44 bits per heavy atom. The van der Waals surface area contributed by atoms with E-state index in [-0.39, 0.29) is 17.0 Å². The summed E-state index contributed by atoms with van der Waals surface area (Å²) in [6.07, 6.45) is 4.77. The van der Waals surface area contributed by atoms with Gasteiger partial charge in [-0.25, -0.2) is 0 Å². The molecule has 224 valence electrons. The van der Waals surface area contributed by atoms with Crippen molar-refractivity contribution in [2.75, 3.05) is 32.6 Å². The first kappa shape index (κ1) is 31.9. The molecule has 1 aliphatic rings. The number of aromatic nitrogens is 1. The van der Waals surface area contributed by atoms with Crippen LogP contribution in [-0.2, 0) is 24.2 Å². The summed E-state index contributed by atoms with van der Waals surface area (Å²) in [7, 11) is 3.18. The number of nitrogens with zero attached hydrogens (tertiary/aromatic N) is 3. The number of carbonyl (C=O) groups is 1. The molecule has 4 rings (SSSR count). The number of hydrogen-bond donors (Lipinski definition) is 1. The molecular formula is C33H36N4O4S2. The molecule has 10 heteroatoms. The average Bonchev–Trinajstić information content (AvgIpc) is 3.29. The molecule has 0 radical (unpaired) electrons. The van der Waals surface area contributed by atoms with Crippen LogP contribution in [-0.4, -0.2) is 47.0 Å². The van der Waals surface area contributed by atoms with Crippen molar-refractivity contribution in [3.63, 3.8) is 0 Å². The fourth-order valence-corrected chi connectivity index (χ4v) is 6.24. The fraction of sp³-hybridized carbons (Fsp3) is 0.333. The number of rotatable bonds is 13. The highest BCUT2D eigenvalue weighted by atomic mass is 32.2. The van der Waals surface area contributed by atoms with Gasteiger partial charge in [0.2, 0.25) is 0 Å². The van der Waals surface area contributed by atoms with E-state index in [2.05, 4.69) is 30.4 Å². The van der Waals surface area contributed by atoms with Crippen LogP contribution in [0.1, 0.15) is 47.6 Å². The first-order valence-electron chi connectivity index (χ1n) is 14.2. The van der Waals surface area contributed by atoms with E-state index in [0.29, 0.717) is 63.7 Å². The van der Waals surface area contributed by atoms with E-state index in [1.165, 1.54) is 17.3 Å². The zero-order valence-electron chi connectivity index (χ0n) is 24.9. The van der Waals surface area contributed by atoms with Crippen LogP contribution < -0.4 is 20.3 Å². The summed E-state index contributed by atoms with van der Waals surface area (Å²) in [6.45, 7) is 5.26. The number of ether oxygens (including phenoxy) is 2. The first-order valence-corrected chi connectivity index (χ1v) is 15.5. The number of pyridine rings is 1. The zero-order valence-corrected chi connectivity index (χ0v) is 26.6. The van der Waals surface area contributed by atoms with Crippen LogP contribution in [0.3, 0.4) is 0 Å². The number of methoxy groups -OCH3 is 2. The Balaban J connectivity index is 1.65. The average molecular weight is 617 g/mol. The molecule has 1 saturated heterocycles. The van der Waals surface area contributed by atoms with Crippen LogP contribution in [0.25, 0.3) is 6.08 Å². The summed E-state index contributed by atoms with van der Waals surface area (Å²) in [4.78, 5) is 29.1. The van der Waals surface area contributed by atoms with Gasteiger partial charge in [0.15, 0.2) is 11.5 Å². The lowest BCUT2D eigenvalue weighted by Gasteiger charge is -2.20. The highest BCUT2D eigenvalue weighted by molar-refractivity contribution is 8.26. The third-order valence-electron chi connectivity index (χ3n) is 7.38. The van der Waals surface area contributed by atoms with E-state index in [1.807, 2.05) is 36.4 Å². The van der Waals surface area contributed by atoms with E-state index < -0.39 is 0 Å². The third kappa shape index (κ3) is 7.29. The van der Waals surface area contributed by atoms with Gasteiger partial charge >= 0.3 is 0 Å². The van der Waals surface area contributed by atoms with Gasteiger partial charge in [-0.05, 0) is 61.1 Å². The number of nitriles is 1. The number of thiocarbonyl (C=S) groups is 1. The number of thioether (sulfide) groups is 1. The summed E-state index contributed by atoms with van der Waals surface area (Å²) in [5, 5.41) is 13.4. The van der Waals surface area contributed by atoms with Crippen LogP contribution in [0, 0.1) is 18.3 Å². The van der Waals surface area contributed by atoms with Crippen LogP contribution in [0.4, 0.5) is 5.82 Å². The Hall–Kier alpha value is -4.07. The van der Waals surface area contributed by atoms with Crippen molar-refractivity contribution < 1.29 is 14.3 Å². The summed E-state index contributed by atoms with van der Waals surface area (Å²) in [5.41, 5.74) is 3.10. The third-order valence-corrected chi connectivity index (χ3v) is 8.76. The van der Waals surface area contributed by atoms with Gasteiger partial charge in [0.25, 0.3) is 11.5 Å². The summed E-state index contributed by atoms with van der Waals surface area (Å²) in [6, 6.07) is 17.9. The molecule has 0 atom stereocenters. The van der Waals surface area contributed by atoms with Crippen LogP contribution in [0.2, 0.25) is 0 Å². The van der Waals surface area contributed by atoms with Gasteiger partial charge in [0.05, 0.1) is 19.1 Å². The molecule has 1 aromatic heterocycles. The maximum absolute atomic E-state index is 13.6. The lowest BCUT2D eigenvalue weighted by atomic mass is 10.0. The standard InChI is InChI=1S/C33H36N4O4S2/c1-5-6-17-36-30(35-16-14-23-10-8-7-9-11-23)25(22(2)26(21-34)31(36)38)20-29-32(39)37(33(42)43-29)18-15-24-12-13-27(40-3)28(19-24)41-4/h7-13,19-20,35H,5-6,14-18H2,1-4H3/b29-20+. The first-order chi connectivity index (χ1) is 20.8. The maximum atomic E-state index is 13.6. The van der Waals surface area contributed by atoms with Crippen molar-refractivity contribution >= 4 is 46.1 Å². The largest absolute Gasteiger partial charge is 0.493 e. The van der Waals surface area contributed by atoms with Crippen molar-refractivity contribution in [1.29, 1.82) is 5.26 Å². The molecule has 43 heavy (non-hydrogen) atoms. The minimum Gasteiger partial charge on any atom is -0.493 e. The topological polar surface area (TPSA) is 96.6 Å². The molecule has 1 fully saturated rings. The van der Waals surface area contributed by atoms with E-state index in [9.17, 15) is 14.9 Å². The molecular weight excluding hydrogens is 581 g/mol. The van der Waals surface area contributed by atoms with Crippen molar-refractivity contribution in [1.82, 2.24) is 9.47 Å². The van der Waals surface area contributed by atoms with Crippen molar-refractivity contribution in [3.8, 4) is 17.6 Å². The lowest BCUT2D eigenvalue weighted by molar-refractivity contribution is -0.122. The number of anilines is 1. The summed E-state index contributed by atoms with van der Waals surface area (Å²) in [5.74, 6) is 1.68. The quantitative estimate of drug-likeness (QED) is 0.186. The van der Waals surface area contributed by atoms with Crippen molar-refractivity contribution in [2.24, 2.45) is 0 Å². The number of benzene rings is 2. The van der Waals surface area contributed by atoms with Crippen molar-refractivity contribution in [2.45, 2.75) is 46.1 Å². The monoisotopic (exact) mass is 616 g/mol. The molecule has 1 amide bonds. The Labute approximate surface area is 262 Å². The Morgan fingerprint density at radius 1 is 1.02 bits per heavy atom. The van der Waals surface area contributed by atoms with E-state index >= 15 is 0 Å². The lowest BCUT2D eigenvalue weighted by Crippen LogP contribution is -2.30. The number of nitrogens with one attached hydrogen (secondary N) is 1. The van der Waals surface area contributed by atoms with Crippen LogP contribution in [0.15, 0.2) is 58.2 Å². The molecule has 2 aromatic carbocycles. The predicted octanol–water partition coefficient (Wildman–Crippen LogP) is 5.94. The predicted molar refractivity (Wildman–Crippen MR) is 177 cm³/mol. The SMILES string of the molecule is CCCCn1c(NCCc2ccccc2)c(/C=C2/SC(=S)N(CCc3ccc(OC)c(OC)c3)C2=O)c(C)c(C#N)c1=O. The second kappa shape index (κ2) is 14.9. The van der Waals surface area contributed by atoms with Gasteiger partial charge in [-0.2, -0.15) is 5.26 Å². The van der Waals surface area contributed by atoms with E-state index in [4.69, 9.17) is 21.7 Å². The highest BCUT2D eigenvalue weighted by Gasteiger charge is 2.32. The normalized spacial score (nSPS) is 13.8. The molecule has 3 aromatic rings. The van der Waals surface area contributed by atoms with Gasteiger partial charge < -0.3 is 14.8 Å². The number of amides is 1. The molecule has 0 saturated carbocycles. The molecule has 1 N–H and O–H groups in total. The Morgan fingerprint density at radius 2 is 1.77 bits per heavy atom. The number of carbonyl (C=O) groups excluding carboxylic acids is 1. The van der Waals surface area contributed by atoms with Gasteiger partial charge in [-0.1, -0.05) is 73.7 Å². The molecule has 2 heterocycles. The Kier molecular flexibility index (Phi) is 11.0. The summed E-state index contributed by atoms with van der Waals surface area (Å²) >= 11 is 6.85. The van der Waals surface area contributed by atoms with E-state index in [1.54, 1.807) is 36.7 Å². The summed E-state index contributed by atoms with van der Waals surface area (Å²) < 4.78 is 12.8. The van der Waals surface area contributed by atoms with Crippen LogP contribution in [0.5, 0.6) is 11.5 Å². The van der Waals surface area contributed by atoms with Gasteiger partial charge in [-0.15, -0.1) is 0 Å². The fourth-order valence-electron chi connectivity index (χ4n) is 4.95. The minimum atomic E-state index is -0.324. The second-order valence-corrected chi connectivity index (χ2v) is 11.8. The maximum Gasteiger partial charge on any atom is 0.270 e. The van der Waals surface area contributed by atoms with Crippen molar-refractivity contribution in [3.05, 3.63) is 91.6 Å². The smallest absolute Gasteiger partial charge is 0.270 e. The minimum absolute atomic E-state index is 0.0832. The van der Waals surface area contributed by atoms with E-state index in [0.717, 1.165) is 24.8 Å². The highest BCUT2D eigenvalue weighted by Crippen LogP contribution is 2.35. The van der Waals surface area contributed by atoms with Gasteiger partial charge in [-0.3, -0.25) is 19.1 Å². The second-order valence-electron chi connectivity index (χ2n) is 10.1. The van der Waals surface area contributed by atoms with Gasteiger partial charge in [0, 0.05) is 25.2 Å². The molecule has 1 aliphatic heterocycles. The zero-order chi connectivity index (χ0) is 30.9.